The minimum absolute atomic E-state index is 0.322. The summed E-state index contributed by atoms with van der Waals surface area (Å²) in [6, 6.07) is 5.99. The number of nitriles is 1. The summed E-state index contributed by atoms with van der Waals surface area (Å²) >= 11 is 0. The van der Waals surface area contributed by atoms with Gasteiger partial charge in [0.2, 0.25) is 0 Å². The molecule has 0 bridgehead atoms. The zero-order chi connectivity index (χ0) is 14.9. The van der Waals surface area contributed by atoms with Crippen molar-refractivity contribution in [2.75, 3.05) is 19.7 Å². The van der Waals surface area contributed by atoms with E-state index >= 15 is 0 Å². The van der Waals surface area contributed by atoms with E-state index in [9.17, 15) is 5.26 Å². The molecule has 0 radical (unpaired) electrons. The largest absolute Gasteiger partial charge is 0.489 e. The van der Waals surface area contributed by atoms with Gasteiger partial charge in [0.1, 0.15) is 11.7 Å². The molecule has 1 atom stereocenters. The van der Waals surface area contributed by atoms with Gasteiger partial charge in [-0.15, -0.1) is 0 Å². The summed E-state index contributed by atoms with van der Waals surface area (Å²) in [6.07, 6.45) is 4.50. The van der Waals surface area contributed by atoms with Crippen LogP contribution < -0.4 is 10.1 Å². The SMILES string of the molecule is N#Cc1ncc2[nH]c3ncccc3c2c1OCC1CCNC1. The van der Waals surface area contributed by atoms with Gasteiger partial charge in [0.25, 0.3) is 0 Å². The van der Waals surface area contributed by atoms with E-state index in [4.69, 9.17) is 4.74 Å². The van der Waals surface area contributed by atoms with Crippen LogP contribution in [0, 0.1) is 17.2 Å². The van der Waals surface area contributed by atoms with Gasteiger partial charge in [-0.25, -0.2) is 9.97 Å². The lowest BCUT2D eigenvalue weighted by Crippen LogP contribution is -2.16. The van der Waals surface area contributed by atoms with Crippen LogP contribution in [0.3, 0.4) is 0 Å². The average Bonchev–Trinajstić information content (AvgIpc) is 3.19. The second-order valence-corrected chi connectivity index (χ2v) is 5.53. The normalized spacial score (nSPS) is 17.9. The van der Waals surface area contributed by atoms with Crippen molar-refractivity contribution in [3.05, 3.63) is 30.2 Å². The molecule has 6 heteroatoms. The predicted molar refractivity (Wildman–Crippen MR) is 82.6 cm³/mol. The standard InChI is InChI=1S/C16H15N5O/c17-6-12-15(22-9-10-3-5-18-7-10)14-11-2-1-4-19-16(11)21-13(14)8-20-12/h1-2,4,8,10,18H,3,5,7,9H2,(H,19,21). The van der Waals surface area contributed by atoms with Gasteiger partial charge in [0, 0.05) is 24.0 Å². The molecule has 0 aromatic carbocycles. The number of fused-ring (bicyclic) bond motifs is 3. The average molecular weight is 293 g/mol. The molecule has 1 aliphatic heterocycles. The third kappa shape index (κ3) is 2.07. The summed E-state index contributed by atoms with van der Waals surface area (Å²) in [5.41, 5.74) is 1.94. The molecule has 0 aliphatic carbocycles. The van der Waals surface area contributed by atoms with E-state index < -0.39 is 0 Å². The number of aromatic amines is 1. The zero-order valence-corrected chi connectivity index (χ0v) is 12.0. The fourth-order valence-corrected chi connectivity index (χ4v) is 2.97. The molecule has 0 amide bonds. The Labute approximate surface area is 127 Å². The van der Waals surface area contributed by atoms with Gasteiger partial charge in [-0.3, -0.25) is 0 Å². The Bertz CT molecular complexity index is 873. The smallest absolute Gasteiger partial charge is 0.183 e. The van der Waals surface area contributed by atoms with Crippen molar-refractivity contribution >= 4 is 21.9 Å². The number of pyridine rings is 2. The van der Waals surface area contributed by atoms with Crippen LogP contribution in [-0.4, -0.2) is 34.6 Å². The van der Waals surface area contributed by atoms with Gasteiger partial charge in [-0.2, -0.15) is 5.26 Å². The van der Waals surface area contributed by atoms with E-state index in [1.807, 2.05) is 12.1 Å². The van der Waals surface area contributed by atoms with Crippen LogP contribution in [0.15, 0.2) is 24.5 Å². The van der Waals surface area contributed by atoms with Crippen molar-refractivity contribution in [2.45, 2.75) is 6.42 Å². The third-order valence-electron chi connectivity index (χ3n) is 4.10. The molecular weight excluding hydrogens is 278 g/mol. The molecule has 1 saturated heterocycles. The van der Waals surface area contributed by atoms with Gasteiger partial charge in [-0.05, 0) is 25.1 Å². The highest BCUT2D eigenvalue weighted by Crippen LogP contribution is 2.34. The molecule has 1 fully saturated rings. The number of nitrogens with one attached hydrogen (secondary N) is 2. The maximum absolute atomic E-state index is 9.35. The summed E-state index contributed by atoms with van der Waals surface area (Å²) in [4.78, 5) is 11.7. The highest BCUT2D eigenvalue weighted by atomic mass is 16.5. The maximum Gasteiger partial charge on any atom is 0.183 e. The Morgan fingerprint density at radius 2 is 2.36 bits per heavy atom. The van der Waals surface area contributed by atoms with E-state index in [2.05, 4.69) is 26.3 Å². The fraction of sp³-hybridized carbons (Fsp3) is 0.312. The Morgan fingerprint density at radius 1 is 1.41 bits per heavy atom. The first-order valence-electron chi connectivity index (χ1n) is 7.36. The minimum atomic E-state index is 0.322. The van der Waals surface area contributed by atoms with Gasteiger partial charge in [0.15, 0.2) is 11.4 Å². The molecular formula is C16H15N5O. The Morgan fingerprint density at radius 3 is 3.18 bits per heavy atom. The quantitative estimate of drug-likeness (QED) is 0.771. The van der Waals surface area contributed by atoms with Gasteiger partial charge < -0.3 is 15.0 Å². The van der Waals surface area contributed by atoms with Crippen molar-refractivity contribution in [3.8, 4) is 11.8 Å². The van der Waals surface area contributed by atoms with Crippen LogP contribution in [0.4, 0.5) is 0 Å². The number of rotatable bonds is 3. The minimum Gasteiger partial charge on any atom is -0.489 e. The van der Waals surface area contributed by atoms with Gasteiger partial charge in [0.05, 0.1) is 23.7 Å². The number of hydrogen-bond acceptors (Lipinski definition) is 5. The third-order valence-corrected chi connectivity index (χ3v) is 4.10. The van der Waals surface area contributed by atoms with Crippen molar-refractivity contribution in [1.29, 1.82) is 5.26 Å². The second kappa shape index (κ2) is 5.28. The number of ether oxygens (including phenoxy) is 1. The summed E-state index contributed by atoms with van der Waals surface area (Å²) in [5, 5.41) is 14.5. The summed E-state index contributed by atoms with van der Waals surface area (Å²) in [5.74, 6) is 1.04. The zero-order valence-electron chi connectivity index (χ0n) is 12.0. The molecule has 6 nitrogen and oxygen atoms in total. The molecule has 2 N–H and O–H groups in total. The lowest BCUT2D eigenvalue weighted by Gasteiger charge is -2.12. The number of hydrogen-bond donors (Lipinski definition) is 2. The van der Waals surface area contributed by atoms with E-state index in [0.717, 1.165) is 41.4 Å². The van der Waals surface area contributed by atoms with Crippen LogP contribution in [0.25, 0.3) is 21.9 Å². The molecule has 1 unspecified atom stereocenters. The van der Waals surface area contributed by atoms with E-state index in [-0.39, 0.29) is 0 Å². The molecule has 110 valence electrons. The topological polar surface area (TPSA) is 86.6 Å². The first-order valence-corrected chi connectivity index (χ1v) is 7.36. The van der Waals surface area contributed by atoms with Crippen LogP contribution in [-0.2, 0) is 0 Å². The lowest BCUT2D eigenvalue weighted by molar-refractivity contribution is 0.261. The van der Waals surface area contributed by atoms with Crippen molar-refractivity contribution in [2.24, 2.45) is 5.92 Å². The molecule has 3 aromatic rings. The molecule has 4 rings (SSSR count). The Hall–Kier alpha value is -2.65. The predicted octanol–water partition coefficient (Wildman–Crippen LogP) is 1.97. The van der Waals surface area contributed by atoms with E-state index in [0.29, 0.717) is 24.0 Å². The second-order valence-electron chi connectivity index (χ2n) is 5.53. The van der Waals surface area contributed by atoms with Crippen LogP contribution >= 0.6 is 0 Å². The van der Waals surface area contributed by atoms with Crippen LogP contribution in [0.2, 0.25) is 0 Å². The highest BCUT2D eigenvalue weighted by molar-refractivity contribution is 6.09. The number of H-pyrrole nitrogens is 1. The van der Waals surface area contributed by atoms with Gasteiger partial charge >= 0.3 is 0 Å². The van der Waals surface area contributed by atoms with Crippen molar-refractivity contribution in [1.82, 2.24) is 20.3 Å². The Kier molecular flexibility index (Phi) is 3.13. The van der Waals surface area contributed by atoms with Crippen LogP contribution in [0.1, 0.15) is 12.1 Å². The van der Waals surface area contributed by atoms with Crippen LogP contribution in [0.5, 0.6) is 5.75 Å². The van der Waals surface area contributed by atoms with E-state index in [1.54, 1.807) is 12.4 Å². The monoisotopic (exact) mass is 293 g/mol. The first kappa shape index (κ1) is 13.0. The molecule has 0 saturated carbocycles. The molecule has 1 aliphatic rings. The molecule has 22 heavy (non-hydrogen) atoms. The summed E-state index contributed by atoms with van der Waals surface area (Å²) in [6.45, 7) is 2.58. The number of nitrogens with zero attached hydrogens (tertiary/aromatic N) is 3. The lowest BCUT2D eigenvalue weighted by atomic mass is 10.1. The molecule has 0 spiro atoms. The number of aromatic nitrogens is 3. The fourth-order valence-electron chi connectivity index (χ4n) is 2.97. The van der Waals surface area contributed by atoms with Crippen molar-refractivity contribution < 1.29 is 4.74 Å². The summed E-state index contributed by atoms with van der Waals surface area (Å²) < 4.78 is 6.02. The van der Waals surface area contributed by atoms with Crippen molar-refractivity contribution in [3.63, 3.8) is 0 Å². The van der Waals surface area contributed by atoms with E-state index in [1.165, 1.54) is 0 Å². The molecule has 3 aromatic heterocycles. The van der Waals surface area contributed by atoms with Gasteiger partial charge in [-0.1, -0.05) is 0 Å². The maximum atomic E-state index is 9.35. The first-order chi connectivity index (χ1) is 10.9. The molecule has 4 heterocycles. The summed E-state index contributed by atoms with van der Waals surface area (Å²) in [7, 11) is 0. The highest BCUT2D eigenvalue weighted by Gasteiger charge is 2.19. The Balaban J connectivity index is 1.83.